The fourth-order valence-corrected chi connectivity index (χ4v) is 1.27. The molecule has 1 rings (SSSR count). The summed E-state index contributed by atoms with van der Waals surface area (Å²) in [5, 5.41) is 11.0. The number of aliphatic carboxylic acids is 1. The van der Waals surface area contributed by atoms with E-state index in [1.807, 2.05) is 0 Å². The van der Waals surface area contributed by atoms with Gasteiger partial charge in [0.2, 0.25) is 5.91 Å². The SMILES string of the molecule is O=Cc1ccc(NC(=O)CCCC(=O)O)cc1. The van der Waals surface area contributed by atoms with Crippen LogP contribution in [0.25, 0.3) is 0 Å². The van der Waals surface area contributed by atoms with Crippen molar-refractivity contribution in [2.75, 3.05) is 5.32 Å². The van der Waals surface area contributed by atoms with E-state index >= 15 is 0 Å². The maximum absolute atomic E-state index is 11.4. The van der Waals surface area contributed by atoms with Crippen LogP contribution in [0.1, 0.15) is 29.6 Å². The van der Waals surface area contributed by atoms with Crippen LogP contribution in [0.2, 0.25) is 0 Å². The van der Waals surface area contributed by atoms with E-state index in [9.17, 15) is 14.4 Å². The molecule has 0 unspecified atom stereocenters. The molecule has 1 aromatic rings. The van der Waals surface area contributed by atoms with Gasteiger partial charge in [0.15, 0.2) is 0 Å². The molecule has 1 aromatic carbocycles. The predicted molar refractivity (Wildman–Crippen MR) is 61.9 cm³/mol. The molecule has 0 bridgehead atoms. The first kappa shape index (κ1) is 12.9. The quantitative estimate of drug-likeness (QED) is 0.735. The van der Waals surface area contributed by atoms with Gasteiger partial charge < -0.3 is 10.4 Å². The number of nitrogens with one attached hydrogen (secondary N) is 1. The molecule has 0 heterocycles. The summed E-state index contributed by atoms with van der Waals surface area (Å²) in [5.74, 6) is -1.14. The highest BCUT2D eigenvalue weighted by molar-refractivity contribution is 5.91. The molecular weight excluding hydrogens is 222 g/mol. The van der Waals surface area contributed by atoms with E-state index in [0.717, 1.165) is 6.29 Å². The molecule has 17 heavy (non-hydrogen) atoms. The lowest BCUT2D eigenvalue weighted by Crippen LogP contribution is -2.11. The number of carboxylic acids is 1. The predicted octanol–water partition coefficient (Wildman–Crippen LogP) is 1.69. The number of amides is 1. The van der Waals surface area contributed by atoms with Crippen molar-refractivity contribution >= 4 is 23.9 Å². The van der Waals surface area contributed by atoms with Gasteiger partial charge in [-0.25, -0.2) is 0 Å². The lowest BCUT2D eigenvalue weighted by Gasteiger charge is -2.04. The van der Waals surface area contributed by atoms with Gasteiger partial charge in [0.05, 0.1) is 0 Å². The molecule has 0 aromatic heterocycles. The van der Waals surface area contributed by atoms with Crippen molar-refractivity contribution in [3.8, 4) is 0 Å². The van der Waals surface area contributed by atoms with Crippen molar-refractivity contribution in [1.82, 2.24) is 0 Å². The van der Waals surface area contributed by atoms with E-state index in [0.29, 0.717) is 17.7 Å². The molecule has 0 aliphatic heterocycles. The fraction of sp³-hybridized carbons (Fsp3) is 0.250. The van der Waals surface area contributed by atoms with Gasteiger partial charge in [-0.3, -0.25) is 14.4 Å². The molecule has 0 aliphatic rings. The Bertz CT molecular complexity index is 411. The Hall–Kier alpha value is -2.17. The van der Waals surface area contributed by atoms with Crippen molar-refractivity contribution in [2.24, 2.45) is 0 Å². The second-order valence-electron chi connectivity index (χ2n) is 3.54. The number of hydrogen-bond donors (Lipinski definition) is 2. The van der Waals surface area contributed by atoms with Crippen LogP contribution in [0.15, 0.2) is 24.3 Å². The smallest absolute Gasteiger partial charge is 0.303 e. The van der Waals surface area contributed by atoms with E-state index in [1.54, 1.807) is 24.3 Å². The summed E-state index contributed by atoms with van der Waals surface area (Å²) >= 11 is 0. The number of carbonyl (C=O) groups is 3. The van der Waals surface area contributed by atoms with Gasteiger partial charge in [-0.2, -0.15) is 0 Å². The summed E-state index contributed by atoms with van der Waals surface area (Å²) in [6, 6.07) is 6.44. The lowest BCUT2D eigenvalue weighted by atomic mass is 10.2. The summed E-state index contributed by atoms with van der Waals surface area (Å²) in [4.78, 5) is 32.0. The molecule has 1 amide bonds. The largest absolute Gasteiger partial charge is 0.481 e. The van der Waals surface area contributed by atoms with Crippen molar-refractivity contribution in [2.45, 2.75) is 19.3 Å². The molecule has 0 saturated heterocycles. The number of aldehydes is 1. The summed E-state index contributed by atoms with van der Waals surface area (Å²) in [5.41, 5.74) is 1.13. The zero-order chi connectivity index (χ0) is 12.7. The molecule has 2 N–H and O–H groups in total. The third kappa shape index (κ3) is 4.92. The second-order valence-corrected chi connectivity index (χ2v) is 3.54. The van der Waals surface area contributed by atoms with E-state index in [2.05, 4.69) is 5.32 Å². The maximum atomic E-state index is 11.4. The van der Waals surface area contributed by atoms with E-state index in [4.69, 9.17) is 5.11 Å². The Balaban J connectivity index is 2.39. The Kier molecular flexibility index (Phi) is 4.87. The van der Waals surface area contributed by atoms with Gasteiger partial charge in [0.1, 0.15) is 6.29 Å². The normalized spacial score (nSPS) is 9.65. The average molecular weight is 235 g/mol. The Morgan fingerprint density at radius 2 is 1.82 bits per heavy atom. The van der Waals surface area contributed by atoms with Gasteiger partial charge in [0, 0.05) is 24.1 Å². The highest BCUT2D eigenvalue weighted by Gasteiger charge is 2.04. The number of rotatable bonds is 6. The number of anilines is 1. The van der Waals surface area contributed by atoms with E-state index in [1.165, 1.54) is 0 Å². The van der Waals surface area contributed by atoms with Gasteiger partial charge in [0.25, 0.3) is 0 Å². The number of hydrogen-bond acceptors (Lipinski definition) is 3. The average Bonchev–Trinajstić information content (AvgIpc) is 2.29. The molecule has 0 saturated carbocycles. The zero-order valence-corrected chi connectivity index (χ0v) is 9.18. The summed E-state index contributed by atoms with van der Waals surface area (Å²) in [6.45, 7) is 0. The number of carboxylic acid groups (broad SMARTS) is 1. The van der Waals surface area contributed by atoms with Crippen LogP contribution >= 0.6 is 0 Å². The molecule has 5 heteroatoms. The zero-order valence-electron chi connectivity index (χ0n) is 9.18. The third-order valence-corrected chi connectivity index (χ3v) is 2.13. The molecule has 0 aliphatic carbocycles. The van der Waals surface area contributed by atoms with Gasteiger partial charge >= 0.3 is 5.97 Å². The lowest BCUT2D eigenvalue weighted by molar-refractivity contribution is -0.137. The first-order chi connectivity index (χ1) is 8.11. The molecular formula is C12H13NO4. The molecule has 90 valence electrons. The van der Waals surface area contributed by atoms with Crippen LogP contribution in [0.4, 0.5) is 5.69 Å². The topological polar surface area (TPSA) is 83.5 Å². The third-order valence-electron chi connectivity index (χ3n) is 2.13. The summed E-state index contributed by atoms with van der Waals surface area (Å²) < 4.78 is 0. The van der Waals surface area contributed by atoms with Crippen molar-refractivity contribution < 1.29 is 19.5 Å². The minimum atomic E-state index is -0.909. The highest BCUT2D eigenvalue weighted by atomic mass is 16.4. The van der Waals surface area contributed by atoms with Crippen LogP contribution < -0.4 is 5.32 Å². The van der Waals surface area contributed by atoms with Crippen LogP contribution in [0, 0.1) is 0 Å². The fourth-order valence-electron chi connectivity index (χ4n) is 1.27. The first-order valence-corrected chi connectivity index (χ1v) is 5.18. The second kappa shape index (κ2) is 6.42. The summed E-state index contributed by atoms with van der Waals surface area (Å²) in [6.07, 6.45) is 1.19. The van der Waals surface area contributed by atoms with Gasteiger partial charge in [-0.15, -0.1) is 0 Å². The Labute approximate surface area is 98.4 Å². The molecule has 5 nitrogen and oxygen atoms in total. The van der Waals surface area contributed by atoms with Crippen LogP contribution in [0.5, 0.6) is 0 Å². The van der Waals surface area contributed by atoms with Crippen LogP contribution in [-0.2, 0) is 9.59 Å². The minimum Gasteiger partial charge on any atom is -0.481 e. The monoisotopic (exact) mass is 235 g/mol. The van der Waals surface area contributed by atoms with Gasteiger partial charge in [-0.05, 0) is 30.7 Å². The number of carbonyl (C=O) groups excluding carboxylic acids is 2. The maximum Gasteiger partial charge on any atom is 0.303 e. The van der Waals surface area contributed by atoms with Crippen molar-refractivity contribution in [3.63, 3.8) is 0 Å². The Morgan fingerprint density at radius 1 is 1.18 bits per heavy atom. The molecule has 0 atom stereocenters. The minimum absolute atomic E-state index is 0.0164. The Morgan fingerprint density at radius 3 is 2.35 bits per heavy atom. The number of benzene rings is 1. The summed E-state index contributed by atoms with van der Waals surface area (Å²) in [7, 11) is 0. The van der Waals surface area contributed by atoms with Crippen LogP contribution in [0.3, 0.4) is 0 Å². The van der Waals surface area contributed by atoms with E-state index < -0.39 is 5.97 Å². The highest BCUT2D eigenvalue weighted by Crippen LogP contribution is 2.09. The van der Waals surface area contributed by atoms with Crippen molar-refractivity contribution in [3.05, 3.63) is 29.8 Å². The molecule has 0 radical (unpaired) electrons. The van der Waals surface area contributed by atoms with Gasteiger partial charge in [-0.1, -0.05) is 0 Å². The first-order valence-electron chi connectivity index (χ1n) is 5.18. The van der Waals surface area contributed by atoms with Crippen LogP contribution in [-0.4, -0.2) is 23.3 Å². The standard InChI is InChI=1S/C12H13NO4/c14-8-9-4-6-10(7-5-9)13-11(15)2-1-3-12(16)17/h4-8H,1-3H2,(H,13,15)(H,16,17). The molecule has 0 fully saturated rings. The molecule has 0 spiro atoms. The van der Waals surface area contributed by atoms with Crippen molar-refractivity contribution in [1.29, 1.82) is 0 Å². The van der Waals surface area contributed by atoms with E-state index in [-0.39, 0.29) is 18.7 Å².